The molecule has 3 nitrogen and oxygen atoms in total. The molecule has 0 spiro atoms. The standard InChI is InChI=1S/C11H21NO2/c1-11(5-3-2-4-6-11)12-9-7-14-8-10(9)13/h9-10,12-13H,2-8H2,1H3. The van der Waals surface area contributed by atoms with Crippen LogP contribution >= 0.6 is 0 Å². The van der Waals surface area contributed by atoms with E-state index in [1.165, 1.54) is 32.1 Å². The van der Waals surface area contributed by atoms with Crippen molar-refractivity contribution in [1.29, 1.82) is 0 Å². The Morgan fingerprint density at radius 3 is 2.50 bits per heavy atom. The summed E-state index contributed by atoms with van der Waals surface area (Å²) < 4.78 is 5.24. The van der Waals surface area contributed by atoms with Crippen LogP contribution in [-0.2, 0) is 4.74 Å². The Hall–Kier alpha value is -0.120. The summed E-state index contributed by atoms with van der Waals surface area (Å²) in [5.41, 5.74) is 0.234. The highest BCUT2D eigenvalue weighted by atomic mass is 16.5. The van der Waals surface area contributed by atoms with Crippen LogP contribution in [0.25, 0.3) is 0 Å². The highest BCUT2D eigenvalue weighted by Gasteiger charge is 2.34. The maximum Gasteiger partial charge on any atom is 0.0948 e. The highest BCUT2D eigenvalue weighted by molar-refractivity contribution is 4.92. The summed E-state index contributed by atoms with van der Waals surface area (Å²) in [6.07, 6.45) is 6.14. The van der Waals surface area contributed by atoms with Crippen LogP contribution < -0.4 is 5.32 Å². The smallest absolute Gasteiger partial charge is 0.0948 e. The van der Waals surface area contributed by atoms with E-state index >= 15 is 0 Å². The van der Waals surface area contributed by atoms with Crippen LogP contribution in [0.4, 0.5) is 0 Å². The van der Waals surface area contributed by atoms with Crippen molar-refractivity contribution in [3.63, 3.8) is 0 Å². The summed E-state index contributed by atoms with van der Waals surface area (Å²) in [6, 6.07) is 0.151. The number of nitrogens with one attached hydrogen (secondary N) is 1. The van der Waals surface area contributed by atoms with Crippen molar-refractivity contribution in [2.45, 2.75) is 56.7 Å². The van der Waals surface area contributed by atoms with Gasteiger partial charge in [-0.05, 0) is 19.8 Å². The van der Waals surface area contributed by atoms with Gasteiger partial charge in [0.2, 0.25) is 0 Å². The van der Waals surface area contributed by atoms with Crippen molar-refractivity contribution in [2.75, 3.05) is 13.2 Å². The van der Waals surface area contributed by atoms with Crippen molar-refractivity contribution in [3.8, 4) is 0 Å². The van der Waals surface area contributed by atoms with Crippen LogP contribution in [0.3, 0.4) is 0 Å². The van der Waals surface area contributed by atoms with Crippen molar-refractivity contribution < 1.29 is 9.84 Å². The summed E-state index contributed by atoms with van der Waals surface area (Å²) in [7, 11) is 0. The van der Waals surface area contributed by atoms with E-state index in [0.717, 1.165) is 0 Å². The summed E-state index contributed by atoms with van der Waals surface area (Å²) in [5.74, 6) is 0. The van der Waals surface area contributed by atoms with E-state index in [1.54, 1.807) is 0 Å². The van der Waals surface area contributed by atoms with Gasteiger partial charge in [-0.15, -0.1) is 0 Å². The summed E-state index contributed by atoms with van der Waals surface area (Å²) in [6.45, 7) is 3.43. The van der Waals surface area contributed by atoms with Crippen molar-refractivity contribution in [3.05, 3.63) is 0 Å². The predicted molar refractivity (Wildman–Crippen MR) is 55.2 cm³/mol. The summed E-state index contributed by atoms with van der Waals surface area (Å²) >= 11 is 0. The Balaban J connectivity index is 1.88. The van der Waals surface area contributed by atoms with Gasteiger partial charge in [-0.3, -0.25) is 0 Å². The molecule has 2 rings (SSSR count). The molecular formula is C11H21NO2. The van der Waals surface area contributed by atoms with E-state index in [2.05, 4.69) is 12.2 Å². The Morgan fingerprint density at radius 2 is 1.93 bits per heavy atom. The third kappa shape index (κ3) is 2.27. The van der Waals surface area contributed by atoms with Crippen LogP contribution in [0.5, 0.6) is 0 Å². The monoisotopic (exact) mass is 199 g/mol. The van der Waals surface area contributed by atoms with Gasteiger partial charge in [0.05, 0.1) is 25.4 Å². The second-order valence-electron chi connectivity index (χ2n) is 4.98. The third-order valence-corrected chi connectivity index (χ3v) is 3.54. The van der Waals surface area contributed by atoms with Crippen molar-refractivity contribution >= 4 is 0 Å². The number of aliphatic hydroxyl groups excluding tert-OH is 1. The fourth-order valence-corrected chi connectivity index (χ4v) is 2.60. The molecule has 1 aliphatic heterocycles. The molecular weight excluding hydrogens is 178 g/mol. The first-order valence-electron chi connectivity index (χ1n) is 5.73. The van der Waals surface area contributed by atoms with Gasteiger partial charge in [-0.1, -0.05) is 19.3 Å². The fourth-order valence-electron chi connectivity index (χ4n) is 2.60. The minimum absolute atomic E-state index is 0.151. The van der Waals surface area contributed by atoms with Gasteiger partial charge < -0.3 is 15.2 Å². The van der Waals surface area contributed by atoms with Crippen LogP contribution in [-0.4, -0.2) is 36.0 Å². The van der Waals surface area contributed by atoms with Crippen molar-refractivity contribution in [2.24, 2.45) is 0 Å². The predicted octanol–water partition coefficient (Wildman–Crippen LogP) is 1.06. The second-order valence-corrected chi connectivity index (χ2v) is 4.98. The highest BCUT2D eigenvalue weighted by Crippen LogP contribution is 2.28. The van der Waals surface area contributed by atoms with Gasteiger partial charge in [0.15, 0.2) is 0 Å². The molecule has 0 aromatic carbocycles. The molecule has 1 heterocycles. The lowest BCUT2D eigenvalue weighted by Crippen LogP contribution is -2.53. The average Bonchev–Trinajstić information content (AvgIpc) is 2.52. The largest absolute Gasteiger partial charge is 0.389 e. The van der Waals surface area contributed by atoms with Gasteiger partial charge in [0.1, 0.15) is 0 Å². The minimum atomic E-state index is -0.311. The Kier molecular flexibility index (Phi) is 3.10. The zero-order chi connectivity index (χ0) is 10.0. The lowest BCUT2D eigenvalue weighted by molar-refractivity contribution is 0.114. The molecule has 0 bridgehead atoms. The number of hydrogen-bond donors (Lipinski definition) is 2. The minimum Gasteiger partial charge on any atom is -0.389 e. The number of rotatable bonds is 2. The maximum absolute atomic E-state index is 9.65. The maximum atomic E-state index is 9.65. The Labute approximate surface area is 85.8 Å². The van der Waals surface area contributed by atoms with Gasteiger partial charge >= 0.3 is 0 Å². The second kappa shape index (κ2) is 4.17. The van der Waals surface area contributed by atoms with Gasteiger partial charge in [-0.2, -0.15) is 0 Å². The molecule has 14 heavy (non-hydrogen) atoms. The van der Waals surface area contributed by atoms with Crippen molar-refractivity contribution in [1.82, 2.24) is 5.32 Å². The molecule has 1 aliphatic carbocycles. The Morgan fingerprint density at radius 1 is 1.21 bits per heavy atom. The number of aliphatic hydroxyl groups is 1. The molecule has 2 unspecified atom stereocenters. The van der Waals surface area contributed by atoms with Crippen LogP contribution in [0.2, 0.25) is 0 Å². The normalized spacial score (nSPS) is 37.3. The van der Waals surface area contributed by atoms with E-state index in [0.29, 0.717) is 13.2 Å². The Bertz CT molecular complexity index is 190. The molecule has 3 heteroatoms. The number of ether oxygens (including phenoxy) is 1. The van der Waals surface area contributed by atoms with E-state index in [1.807, 2.05) is 0 Å². The lowest BCUT2D eigenvalue weighted by atomic mass is 9.82. The fraction of sp³-hybridized carbons (Fsp3) is 1.00. The van der Waals surface area contributed by atoms with Crippen LogP contribution in [0, 0.1) is 0 Å². The zero-order valence-corrected chi connectivity index (χ0v) is 8.96. The molecule has 1 saturated carbocycles. The van der Waals surface area contributed by atoms with E-state index < -0.39 is 0 Å². The zero-order valence-electron chi connectivity index (χ0n) is 8.96. The first kappa shape index (κ1) is 10.4. The average molecular weight is 199 g/mol. The van der Waals surface area contributed by atoms with Crippen LogP contribution in [0.1, 0.15) is 39.0 Å². The topological polar surface area (TPSA) is 41.5 Å². The molecule has 0 radical (unpaired) electrons. The molecule has 2 N–H and O–H groups in total. The third-order valence-electron chi connectivity index (χ3n) is 3.54. The first-order chi connectivity index (χ1) is 6.70. The van der Waals surface area contributed by atoms with Gasteiger partial charge in [-0.25, -0.2) is 0 Å². The van der Waals surface area contributed by atoms with E-state index in [4.69, 9.17) is 4.74 Å². The summed E-state index contributed by atoms with van der Waals surface area (Å²) in [4.78, 5) is 0. The summed E-state index contributed by atoms with van der Waals surface area (Å²) in [5, 5.41) is 13.2. The number of hydrogen-bond acceptors (Lipinski definition) is 3. The SMILES string of the molecule is CC1(NC2COCC2O)CCCCC1. The first-order valence-corrected chi connectivity index (χ1v) is 5.73. The molecule has 0 amide bonds. The molecule has 2 aliphatic rings. The molecule has 82 valence electrons. The lowest BCUT2D eigenvalue weighted by Gasteiger charge is -2.37. The van der Waals surface area contributed by atoms with Gasteiger partial charge in [0.25, 0.3) is 0 Å². The van der Waals surface area contributed by atoms with E-state index in [-0.39, 0.29) is 17.7 Å². The molecule has 0 aromatic heterocycles. The molecule has 0 aromatic rings. The van der Waals surface area contributed by atoms with E-state index in [9.17, 15) is 5.11 Å². The van der Waals surface area contributed by atoms with Gasteiger partial charge in [0, 0.05) is 5.54 Å². The quantitative estimate of drug-likeness (QED) is 0.698. The van der Waals surface area contributed by atoms with Crippen LogP contribution in [0.15, 0.2) is 0 Å². The molecule has 1 saturated heterocycles. The molecule has 2 fully saturated rings. The molecule has 2 atom stereocenters.